The van der Waals surface area contributed by atoms with Crippen molar-refractivity contribution in [2.75, 3.05) is 13.2 Å². The van der Waals surface area contributed by atoms with E-state index in [2.05, 4.69) is 11.3 Å². The van der Waals surface area contributed by atoms with E-state index in [1.807, 2.05) is 0 Å². The van der Waals surface area contributed by atoms with Crippen LogP contribution >= 0.6 is 0 Å². The van der Waals surface area contributed by atoms with Gasteiger partial charge in [-0.3, -0.25) is 0 Å². The van der Waals surface area contributed by atoms with Crippen LogP contribution in [0.4, 0.5) is 0 Å². The Hall–Kier alpha value is -0.950. The molecule has 0 aliphatic carbocycles. The van der Waals surface area contributed by atoms with E-state index in [9.17, 15) is 4.79 Å². The molecule has 0 bridgehead atoms. The standard InChI is InChI=1S/C10H18O6/c1-4-8(11)15-6-7-16-9(3,5-2)10(12,13)14/h4,12-14H,1,5-7H2,2-3H3. The Morgan fingerprint density at radius 3 is 2.31 bits per heavy atom. The fraction of sp³-hybridized carbons (Fsp3) is 0.700. The maximum atomic E-state index is 10.7. The number of carbonyl (C=O) groups is 1. The molecule has 94 valence electrons. The highest BCUT2D eigenvalue weighted by Crippen LogP contribution is 2.25. The van der Waals surface area contributed by atoms with Crippen LogP contribution in [0.1, 0.15) is 20.3 Å². The van der Waals surface area contributed by atoms with E-state index in [0.29, 0.717) is 0 Å². The van der Waals surface area contributed by atoms with Crippen molar-refractivity contribution in [3.05, 3.63) is 12.7 Å². The lowest BCUT2D eigenvalue weighted by Gasteiger charge is -2.35. The van der Waals surface area contributed by atoms with Crippen molar-refractivity contribution in [3.63, 3.8) is 0 Å². The molecule has 0 aromatic rings. The quantitative estimate of drug-likeness (QED) is 0.238. The molecule has 0 aliphatic rings. The Kier molecular flexibility index (Phi) is 5.60. The predicted molar refractivity (Wildman–Crippen MR) is 55.2 cm³/mol. The second-order valence-corrected chi connectivity index (χ2v) is 3.44. The van der Waals surface area contributed by atoms with Crippen molar-refractivity contribution < 1.29 is 29.6 Å². The van der Waals surface area contributed by atoms with Gasteiger partial charge >= 0.3 is 11.9 Å². The fourth-order valence-corrected chi connectivity index (χ4v) is 0.904. The summed E-state index contributed by atoms with van der Waals surface area (Å²) in [5.41, 5.74) is -1.53. The highest BCUT2D eigenvalue weighted by Gasteiger charge is 2.44. The van der Waals surface area contributed by atoms with Crippen molar-refractivity contribution in [3.8, 4) is 0 Å². The zero-order valence-corrected chi connectivity index (χ0v) is 9.47. The second-order valence-electron chi connectivity index (χ2n) is 3.44. The van der Waals surface area contributed by atoms with Crippen LogP contribution < -0.4 is 0 Å². The van der Waals surface area contributed by atoms with Gasteiger partial charge in [0, 0.05) is 6.08 Å². The third kappa shape index (κ3) is 4.28. The Labute approximate surface area is 94.1 Å². The first-order valence-corrected chi connectivity index (χ1v) is 4.87. The summed E-state index contributed by atoms with van der Waals surface area (Å²) >= 11 is 0. The zero-order chi connectivity index (χ0) is 12.8. The molecule has 0 heterocycles. The molecule has 1 unspecified atom stereocenters. The molecule has 6 nitrogen and oxygen atoms in total. The molecule has 0 rings (SSSR count). The largest absolute Gasteiger partial charge is 0.460 e. The molecule has 0 aromatic heterocycles. The highest BCUT2D eigenvalue weighted by atomic mass is 16.7. The Bertz CT molecular complexity index is 244. The third-order valence-electron chi connectivity index (χ3n) is 2.30. The number of carbonyl (C=O) groups excluding carboxylic acids is 1. The maximum Gasteiger partial charge on any atom is 0.330 e. The lowest BCUT2D eigenvalue weighted by molar-refractivity contribution is -0.395. The van der Waals surface area contributed by atoms with Crippen molar-refractivity contribution in [2.24, 2.45) is 0 Å². The molecule has 16 heavy (non-hydrogen) atoms. The van der Waals surface area contributed by atoms with Crippen LogP contribution in [0, 0.1) is 0 Å². The zero-order valence-electron chi connectivity index (χ0n) is 9.47. The van der Waals surface area contributed by atoms with Crippen molar-refractivity contribution in [2.45, 2.75) is 31.8 Å². The van der Waals surface area contributed by atoms with Crippen LogP contribution in [0.2, 0.25) is 0 Å². The molecule has 0 radical (unpaired) electrons. The van der Waals surface area contributed by atoms with Crippen molar-refractivity contribution >= 4 is 5.97 Å². The molecular weight excluding hydrogens is 216 g/mol. The molecule has 1 atom stereocenters. The topological polar surface area (TPSA) is 96.2 Å². The summed E-state index contributed by atoms with van der Waals surface area (Å²) in [7, 11) is 0. The Morgan fingerprint density at radius 2 is 1.94 bits per heavy atom. The van der Waals surface area contributed by atoms with Crippen LogP contribution in [0.3, 0.4) is 0 Å². The second kappa shape index (κ2) is 5.95. The number of ether oxygens (including phenoxy) is 2. The van der Waals surface area contributed by atoms with Crippen LogP contribution in [0.15, 0.2) is 12.7 Å². The molecule has 0 saturated heterocycles. The first kappa shape index (κ1) is 15.0. The summed E-state index contributed by atoms with van der Waals surface area (Å²) in [5, 5.41) is 27.2. The fourth-order valence-electron chi connectivity index (χ4n) is 0.904. The van der Waals surface area contributed by atoms with E-state index in [4.69, 9.17) is 20.1 Å². The molecule has 0 fully saturated rings. The van der Waals surface area contributed by atoms with Crippen molar-refractivity contribution in [1.82, 2.24) is 0 Å². The van der Waals surface area contributed by atoms with Crippen LogP contribution in [-0.2, 0) is 14.3 Å². The smallest absolute Gasteiger partial charge is 0.330 e. The minimum absolute atomic E-state index is 0.0590. The van der Waals surface area contributed by atoms with Crippen LogP contribution in [-0.4, -0.2) is 46.1 Å². The van der Waals surface area contributed by atoms with Gasteiger partial charge in [0.25, 0.3) is 0 Å². The Balaban J connectivity index is 4.07. The average Bonchev–Trinajstić information content (AvgIpc) is 2.21. The molecular formula is C10H18O6. The summed E-state index contributed by atoms with van der Waals surface area (Å²) < 4.78 is 9.69. The summed E-state index contributed by atoms with van der Waals surface area (Å²) in [6.07, 6.45) is 1.18. The van der Waals surface area contributed by atoms with Crippen LogP contribution in [0.25, 0.3) is 0 Å². The van der Waals surface area contributed by atoms with Gasteiger partial charge in [-0.2, -0.15) is 0 Å². The minimum atomic E-state index is -2.94. The van der Waals surface area contributed by atoms with Gasteiger partial charge < -0.3 is 24.8 Å². The van der Waals surface area contributed by atoms with E-state index in [1.165, 1.54) is 6.92 Å². The molecule has 6 heteroatoms. The minimum Gasteiger partial charge on any atom is -0.460 e. The van der Waals surface area contributed by atoms with Gasteiger partial charge in [-0.05, 0) is 13.3 Å². The first-order valence-electron chi connectivity index (χ1n) is 4.87. The van der Waals surface area contributed by atoms with Crippen molar-refractivity contribution in [1.29, 1.82) is 0 Å². The van der Waals surface area contributed by atoms with Gasteiger partial charge in [0.15, 0.2) is 0 Å². The van der Waals surface area contributed by atoms with Gasteiger partial charge in [0.2, 0.25) is 0 Å². The SMILES string of the molecule is C=CC(=O)OCCOC(C)(CC)C(O)(O)O. The third-order valence-corrected chi connectivity index (χ3v) is 2.30. The molecule has 0 aromatic carbocycles. The lowest BCUT2D eigenvalue weighted by Crippen LogP contribution is -2.54. The van der Waals surface area contributed by atoms with Gasteiger partial charge in [-0.15, -0.1) is 0 Å². The summed E-state index contributed by atoms with van der Waals surface area (Å²) in [4.78, 5) is 10.7. The van der Waals surface area contributed by atoms with Crippen LogP contribution in [0.5, 0.6) is 0 Å². The van der Waals surface area contributed by atoms with E-state index >= 15 is 0 Å². The van der Waals surface area contributed by atoms with E-state index in [-0.39, 0.29) is 19.6 Å². The maximum absolute atomic E-state index is 10.7. The molecule has 3 N–H and O–H groups in total. The number of esters is 1. The molecule has 0 saturated carbocycles. The van der Waals surface area contributed by atoms with Gasteiger partial charge in [0.05, 0.1) is 6.61 Å². The highest BCUT2D eigenvalue weighted by molar-refractivity contribution is 5.81. The monoisotopic (exact) mass is 234 g/mol. The molecule has 0 aliphatic heterocycles. The lowest BCUT2D eigenvalue weighted by atomic mass is 10.0. The number of hydrogen-bond acceptors (Lipinski definition) is 6. The first-order chi connectivity index (χ1) is 7.27. The van der Waals surface area contributed by atoms with Gasteiger partial charge in [0.1, 0.15) is 12.2 Å². The summed E-state index contributed by atoms with van der Waals surface area (Å²) in [6, 6.07) is 0. The van der Waals surface area contributed by atoms with Gasteiger partial charge in [-0.1, -0.05) is 13.5 Å². The normalized spacial score (nSPS) is 15.3. The number of rotatable bonds is 7. The molecule has 0 spiro atoms. The van der Waals surface area contributed by atoms with E-state index in [1.54, 1.807) is 6.92 Å². The molecule has 0 amide bonds. The summed E-state index contributed by atoms with van der Waals surface area (Å²) in [6.45, 7) is 6.04. The Morgan fingerprint density at radius 1 is 1.38 bits per heavy atom. The summed E-state index contributed by atoms with van der Waals surface area (Å²) in [5.74, 6) is -3.53. The van der Waals surface area contributed by atoms with Gasteiger partial charge in [-0.25, -0.2) is 4.79 Å². The average molecular weight is 234 g/mol. The number of hydrogen-bond donors (Lipinski definition) is 3. The predicted octanol–water partition coefficient (Wildman–Crippen LogP) is -0.468. The van der Waals surface area contributed by atoms with E-state index in [0.717, 1.165) is 6.08 Å². The number of aliphatic hydroxyl groups is 3. The van der Waals surface area contributed by atoms with E-state index < -0.39 is 17.5 Å².